The Morgan fingerprint density at radius 2 is 2.24 bits per heavy atom. The topological polar surface area (TPSA) is 47.3 Å². The Morgan fingerprint density at radius 3 is 2.76 bits per heavy atom. The van der Waals surface area contributed by atoms with Crippen LogP contribution in [0.15, 0.2) is 6.20 Å². The summed E-state index contributed by atoms with van der Waals surface area (Å²) >= 11 is 0. The predicted molar refractivity (Wildman–Crippen MR) is 65.8 cm³/mol. The fraction of sp³-hybridized carbons (Fsp3) is 0.769. The molecule has 1 aromatic rings. The lowest BCUT2D eigenvalue weighted by Gasteiger charge is -2.22. The van der Waals surface area contributed by atoms with Crippen molar-refractivity contribution >= 4 is 0 Å². The lowest BCUT2D eigenvalue weighted by molar-refractivity contribution is 0.0903. The van der Waals surface area contributed by atoms with Crippen LogP contribution in [0.3, 0.4) is 0 Å². The van der Waals surface area contributed by atoms with Crippen LogP contribution in [-0.2, 0) is 17.2 Å². The fourth-order valence-corrected chi connectivity index (χ4v) is 2.36. The molecule has 1 aliphatic rings. The van der Waals surface area contributed by atoms with Crippen molar-refractivity contribution in [3.8, 4) is 0 Å². The van der Waals surface area contributed by atoms with Gasteiger partial charge < -0.3 is 9.84 Å². The van der Waals surface area contributed by atoms with Gasteiger partial charge in [0, 0.05) is 36.7 Å². The monoisotopic (exact) mass is 238 g/mol. The van der Waals surface area contributed by atoms with Crippen molar-refractivity contribution < 1.29 is 9.84 Å². The number of rotatable bonds is 2. The molecule has 4 nitrogen and oxygen atoms in total. The van der Waals surface area contributed by atoms with Crippen molar-refractivity contribution in [3.63, 3.8) is 0 Å². The zero-order valence-corrected chi connectivity index (χ0v) is 11.1. The first kappa shape index (κ1) is 12.6. The number of aliphatic hydroxyl groups excluding tert-OH is 1. The van der Waals surface area contributed by atoms with E-state index in [1.54, 1.807) is 4.68 Å². The number of ether oxygens (including phenoxy) is 1. The fourth-order valence-electron chi connectivity index (χ4n) is 2.36. The summed E-state index contributed by atoms with van der Waals surface area (Å²) in [6, 6.07) is 0. The first-order valence-corrected chi connectivity index (χ1v) is 6.19. The molecule has 4 heteroatoms. The number of nitrogens with zero attached hydrogens (tertiary/aromatic N) is 2. The molecule has 1 aliphatic heterocycles. The number of aryl methyl sites for hydroxylation is 1. The van der Waals surface area contributed by atoms with Crippen LogP contribution in [0.5, 0.6) is 0 Å². The van der Waals surface area contributed by atoms with E-state index in [1.165, 1.54) is 0 Å². The van der Waals surface area contributed by atoms with E-state index in [0.29, 0.717) is 6.61 Å². The predicted octanol–water partition coefficient (Wildman–Crippen LogP) is 1.79. The second kappa shape index (κ2) is 4.42. The molecule has 0 radical (unpaired) electrons. The molecule has 17 heavy (non-hydrogen) atoms. The van der Waals surface area contributed by atoms with E-state index in [2.05, 4.69) is 25.9 Å². The van der Waals surface area contributed by atoms with Gasteiger partial charge >= 0.3 is 0 Å². The van der Waals surface area contributed by atoms with E-state index in [4.69, 9.17) is 4.74 Å². The number of hydrogen-bond donors (Lipinski definition) is 1. The zero-order chi connectivity index (χ0) is 12.6. The molecule has 1 aromatic heterocycles. The van der Waals surface area contributed by atoms with Crippen molar-refractivity contribution in [2.75, 3.05) is 13.2 Å². The summed E-state index contributed by atoms with van der Waals surface area (Å²) in [6.45, 7) is 7.77. The van der Waals surface area contributed by atoms with Crippen LogP contribution >= 0.6 is 0 Å². The molecular formula is C13H22N2O2. The van der Waals surface area contributed by atoms with Gasteiger partial charge in [-0.1, -0.05) is 20.8 Å². The van der Waals surface area contributed by atoms with Crippen molar-refractivity contribution in [1.29, 1.82) is 0 Å². The molecule has 2 rings (SSSR count). The summed E-state index contributed by atoms with van der Waals surface area (Å²) in [6.07, 6.45) is 2.41. The quantitative estimate of drug-likeness (QED) is 0.854. The number of aromatic nitrogens is 2. The Morgan fingerprint density at radius 1 is 1.53 bits per heavy atom. The van der Waals surface area contributed by atoms with Crippen molar-refractivity contribution in [3.05, 3.63) is 17.5 Å². The molecule has 0 spiro atoms. The number of hydrogen-bond acceptors (Lipinski definition) is 3. The third kappa shape index (κ3) is 2.53. The van der Waals surface area contributed by atoms with Gasteiger partial charge in [-0.25, -0.2) is 0 Å². The summed E-state index contributed by atoms with van der Waals surface area (Å²) in [7, 11) is 1.90. The van der Waals surface area contributed by atoms with Crippen LogP contribution in [-0.4, -0.2) is 28.1 Å². The molecule has 96 valence electrons. The molecule has 0 aliphatic carbocycles. The van der Waals surface area contributed by atoms with Crippen LogP contribution in [0, 0.1) is 5.92 Å². The standard InChI is InChI=1S/C13H22N2O2/c1-13(2,3)12-10(7-15(4)14-12)11(16)9-5-6-17-8-9/h7,9,11,16H,5-6,8H2,1-4H3. The van der Waals surface area contributed by atoms with Gasteiger partial charge in [-0.05, 0) is 6.42 Å². The highest BCUT2D eigenvalue weighted by molar-refractivity contribution is 5.27. The first-order chi connectivity index (χ1) is 7.89. The van der Waals surface area contributed by atoms with Crippen LogP contribution in [0.1, 0.15) is 44.6 Å². The second-order valence-corrected chi connectivity index (χ2v) is 5.93. The first-order valence-electron chi connectivity index (χ1n) is 6.19. The molecule has 1 saturated heterocycles. The van der Waals surface area contributed by atoms with Gasteiger partial charge in [0.05, 0.1) is 18.4 Å². The summed E-state index contributed by atoms with van der Waals surface area (Å²) in [5.41, 5.74) is 1.90. The average Bonchev–Trinajstić information content (AvgIpc) is 2.83. The second-order valence-electron chi connectivity index (χ2n) is 5.93. The molecule has 0 bridgehead atoms. The van der Waals surface area contributed by atoms with Gasteiger partial charge in [0.1, 0.15) is 0 Å². The molecule has 0 saturated carbocycles. The van der Waals surface area contributed by atoms with E-state index < -0.39 is 6.10 Å². The van der Waals surface area contributed by atoms with Crippen LogP contribution in [0.2, 0.25) is 0 Å². The minimum absolute atomic E-state index is 0.0446. The van der Waals surface area contributed by atoms with Crippen LogP contribution in [0.25, 0.3) is 0 Å². The Labute approximate surface area is 103 Å². The molecule has 1 fully saturated rings. The van der Waals surface area contributed by atoms with Gasteiger partial charge in [0.2, 0.25) is 0 Å². The van der Waals surface area contributed by atoms with E-state index >= 15 is 0 Å². The van der Waals surface area contributed by atoms with E-state index in [9.17, 15) is 5.11 Å². The van der Waals surface area contributed by atoms with Crippen LogP contribution in [0.4, 0.5) is 0 Å². The highest BCUT2D eigenvalue weighted by atomic mass is 16.5. The zero-order valence-electron chi connectivity index (χ0n) is 11.1. The third-order valence-electron chi connectivity index (χ3n) is 3.30. The maximum Gasteiger partial charge on any atom is 0.0874 e. The normalized spacial score (nSPS) is 23.0. The summed E-state index contributed by atoms with van der Waals surface area (Å²) < 4.78 is 7.13. The van der Waals surface area contributed by atoms with Gasteiger partial charge in [-0.15, -0.1) is 0 Å². The maximum atomic E-state index is 10.4. The highest BCUT2D eigenvalue weighted by Gasteiger charge is 2.31. The largest absolute Gasteiger partial charge is 0.388 e. The molecule has 2 heterocycles. The summed E-state index contributed by atoms with van der Waals surface area (Å²) in [5.74, 6) is 0.209. The smallest absolute Gasteiger partial charge is 0.0874 e. The average molecular weight is 238 g/mol. The Kier molecular flexibility index (Phi) is 3.27. The minimum atomic E-state index is -0.458. The molecular weight excluding hydrogens is 216 g/mol. The Bertz CT molecular complexity index is 387. The molecule has 2 unspecified atom stereocenters. The minimum Gasteiger partial charge on any atom is -0.388 e. The SMILES string of the molecule is Cn1cc(C(O)C2CCOC2)c(C(C)(C)C)n1. The Balaban J connectivity index is 2.30. The molecule has 2 atom stereocenters. The van der Waals surface area contributed by atoms with Gasteiger partial charge in [0.25, 0.3) is 0 Å². The van der Waals surface area contributed by atoms with Gasteiger partial charge in [-0.3, -0.25) is 4.68 Å². The molecule has 0 amide bonds. The third-order valence-corrected chi connectivity index (χ3v) is 3.30. The summed E-state index contributed by atoms with van der Waals surface area (Å²) in [4.78, 5) is 0. The highest BCUT2D eigenvalue weighted by Crippen LogP contribution is 2.34. The molecule has 0 aromatic carbocycles. The lowest BCUT2D eigenvalue weighted by atomic mass is 9.85. The van der Waals surface area contributed by atoms with Crippen LogP contribution < -0.4 is 0 Å². The van der Waals surface area contributed by atoms with Gasteiger partial charge in [-0.2, -0.15) is 5.10 Å². The van der Waals surface area contributed by atoms with E-state index in [1.807, 2.05) is 13.2 Å². The number of aliphatic hydroxyl groups is 1. The lowest BCUT2D eigenvalue weighted by Crippen LogP contribution is -2.19. The molecule has 1 N–H and O–H groups in total. The van der Waals surface area contributed by atoms with E-state index in [-0.39, 0.29) is 11.3 Å². The van der Waals surface area contributed by atoms with Crippen molar-refractivity contribution in [1.82, 2.24) is 9.78 Å². The van der Waals surface area contributed by atoms with Crippen molar-refractivity contribution in [2.45, 2.75) is 38.7 Å². The summed E-state index contributed by atoms with van der Waals surface area (Å²) in [5, 5.41) is 14.9. The van der Waals surface area contributed by atoms with E-state index in [0.717, 1.165) is 24.3 Å². The van der Waals surface area contributed by atoms with Crippen molar-refractivity contribution in [2.24, 2.45) is 13.0 Å². The maximum absolute atomic E-state index is 10.4. The van der Waals surface area contributed by atoms with Gasteiger partial charge in [0.15, 0.2) is 0 Å². The Hall–Kier alpha value is -0.870.